The van der Waals surface area contributed by atoms with Crippen molar-refractivity contribution in [2.45, 2.75) is 39.5 Å². The Morgan fingerprint density at radius 3 is 2.53 bits per heavy atom. The van der Waals surface area contributed by atoms with Crippen LogP contribution in [-0.4, -0.2) is 31.1 Å². The summed E-state index contributed by atoms with van der Waals surface area (Å²) >= 11 is 0. The standard InChI is InChI=1S/C12H23O2P/c1-3-5-8-15-9-6-11(7-10-15)12(13)14-4-2/h11H,3-10H2,1-2H3. The lowest BCUT2D eigenvalue weighted by Gasteiger charge is -2.27. The summed E-state index contributed by atoms with van der Waals surface area (Å²) in [7, 11) is 0.254. The van der Waals surface area contributed by atoms with Crippen LogP contribution in [0.4, 0.5) is 0 Å². The zero-order valence-corrected chi connectivity index (χ0v) is 10.9. The van der Waals surface area contributed by atoms with E-state index in [1.165, 1.54) is 31.3 Å². The van der Waals surface area contributed by atoms with Crippen LogP contribution >= 0.6 is 7.92 Å². The van der Waals surface area contributed by atoms with E-state index in [0.717, 1.165) is 12.8 Å². The fraction of sp³-hybridized carbons (Fsp3) is 0.917. The second kappa shape index (κ2) is 7.22. The predicted molar refractivity (Wildman–Crippen MR) is 65.8 cm³/mol. The number of esters is 1. The molecule has 88 valence electrons. The fourth-order valence-corrected chi connectivity index (χ4v) is 4.82. The lowest BCUT2D eigenvalue weighted by Crippen LogP contribution is -2.23. The van der Waals surface area contributed by atoms with Crippen LogP contribution in [0.2, 0.25) is 0 Å². The van der Waals surface area contributed by atoms with E-state index in [-0.39, 0.29) is 19.8 Å². The molecule has 15 heavy (non-hydrogen) atoms. The summed E-state index contributed by atoms with van der Waals surface area (Å²) in [5, 5.41) is 0. The predicted octanol–water partition coefficient (Wildman–Crippen LogP) is 3.24. The van der Waals surface area contributed by atoms with E-state index in [9.17, 15) is 4.79 Å². The largest absolute Gasteiger partial charge is 0.466 e. The Kier molecular flexibility index (Phi) is 6.24. The molecule has 0 aromatic rings. The number of unbranched alkanes of at least 4 members (excludes halogenated alkanes) is 1. The van der Waals surface area contributed by atoms with Crippen molar-refractivity contribution in [2.75, 3.05) is 25.1 Å². The first kappa shape index (κ1) is 13.0. The highest BCUT2D eigenvalue weighted by Crippen LogP contribution is 2.44. The van der Waals surface area contributed by atoms with Crippen LogP contribution in [-0.2, 0) is 9.53 Å². The van der Waals surface area contributed by atoms with E-state index in [1.54, 1.807) is 0 Å². The summed E-state index contributed by atoms with van der Waals surface area (Å²) < 4.78 is 5.07. The van der Waals surface area contributed by atoms with Gasteiger partial charge in [0.25, 0.3) is 0 Å². The van der Waals surface area contributed by atoms with E-state index in [2.05, 4.69) is 6.92 Å². The molecule has 0 spiro atoms. The maximum atomic E-state index is 11.5. The topological polar surface area (TPSA) is 26.3 Å². The van der Waals surface area contributed by atoms with Crippen LogP contribution < -0.4 is 0 Å². The molecular formula is C12H23O2P. The number of hydrogen-bond donors (Lipinski definition) is 0. The van der Waals surface area contributed by atoms with Crippen molar-refractivity contribution >= 4 is 13.9 Å². The molecule has 1 saturated heterocycles. The lowest BCUT2D eigenvalue weighted by molar-refractivity contribution is -0.148. The quantitative estimate of drug-likeness (QED) is 0.535. The fourth-order valence-electron chi connectivity index (χ4n) is 2.03. The minimum Gasteiger partial charge on any atom is -0.466 e. The van der Waals surface area contributed by atoms with Gasteiger partial charge in [0, 0.05) is 0 Å². The van der Waals surface area contributed by atoms with Crippen molar-refractivity contribution in [1.29, 1.82) is 0 Å². The van der Waals surface area contributed by atoms with Crippen molar-refractivity contribution in [3.8, 4) is 0 Å². The Bertz CT molecular complexity index is 186. The summed E-state index contributed by atoms with van der Waals surface area (Å²) in [6.45, 7) is 4.66. The summed E-state index contributed by atoms with van der Waals surface area (Å²) in [6, 6.07) is 0. The van der Waals surface area contributed by atoms with Crippen molar-refractivity contribution in [3.05, 3.63) is 0 Å². The van der Waals surface area contributed by atoms with E-state index in [0.29, 0.717) is 6.61 Å². The zero-order valence-electron chi connectivity index (χ0n) is 10.00. The van der Waals surface area contributed by atoms with E-state index in [1.807, 2.05) is 6.92 Å². The van der Waals surface area contributed by atoms with Gasteiger partial charge in [-0.1, -0.05) is 13.3 Å². The third-order valence-corrected chi connectivity index (χ3v) is 5.77. The summed E-state index contributed by atoms with van der Waals surface area (Å²) in [5.41, 5.74) is 0. The van der Waals surface area contributed by atoms with Gasteiger partial charge in [-0.25, -0.2) is 0 Å². The number of carbonyl (C=O) groups excluding carboxylic acids is 1. The SMILES string of the molecule is CCCCP1CCC(C(=O)OCC)CC1. The molecule has 1 heterocycles. The highest BCUT2D eigenvalue weighted by atomic mass is 31.1. The molecule has 3 heteroatoms. The summed E-state index contributed by atoms with van der Waals surface area (Å²) in [6.07, 6.45) is 8.83. The Morgan fingerprint density at radius 1 is 1.33 bits per heavy atom. The Labute approximate surface area is 94.5 Å². The van der Waals surface area contributed by atoms with Crippen molar-refractivity contribution in [2.24, 2.45) is 5.92 Å². The second-order valence-electron chi connectivity index (χ2n) is 4.22. The molecule has 0 N–H and O–H groups in total. The third-order valence-electron chi connectivity index (χ3n) is 3.04. The van der Waals surface area contributed by atoms with Gasteiger partial charge in [0.05, 0.1) is 12.5 Å². The van der Waals surface area contributed by atoms with Crippen molar-refractivity contribution in [1.82, 2.24) is 0 Å². The Morgan fingerprint density at radius 2 is 2.00 bits per heavy atom. The van der Waals surface area contributed by atoms with Crippen LogP contribution in [0.3, 0.4) is 0 Å². The van der Waals surface area contributed by atoms with Gasteiger partial charge in [0.2, 0.25) is 0 Å². The molecule has 0 aliphatic carbocycles. The highest BCUT2D eigenvalue weighted by Gasteiger charge is 2.26. The molecule has 0 amide bonds. The molecule has 1 aliphatic rings. The van der Waals surface area contributed by atoms with Gasteiger partial charge in [-0.3, -0.25) is 4.79 Å². The maximum absolute atomic E-state index is 11.5. The molecule has 0 aromatic heterocycles. The maximum Gasteiger partial charge on any atom is 0.308 e. The zero-order chi connectivity index (χ0) is 11.1. The van der Waals surface area contributed by atoms with Gasteiger partial charge in [-0.05, 0) is 44.7 Å². The van der Waals surface area contributed by atoms with Crippen LogP contribution in [0.25, 0.3) is 0 Å². The molecule has 1 aliphatic heterocycles. The normalized spacial score (nSPS) is 26.3. The van der Waals surface area contributed by atoms with E-state index < -0.39 is 0 Å². The molecule has 0 radical (unpaired) electrons. The first-order chi connectivity index (χ1) is 7.27. The minimum absolute atomic E-state index is 0.0441. The van der Waals surface area contributed by atoms with Gasteiger partial charge < -0.3 is 4.74 Å². The van der Waals surface area contributed by atoms with Gasteiger partial charge in [-0.15, -0.1) is 7.92 Å². The number of carbonyl (C=O) groups is 1. The van der Waals surface area contributed by atoms with Crippen LogP contribution in [0.1, 0.15) is 39.5 Å². The van der Waals surface area contributed by atoms with E-state index >= 15 is 0 Å². The number of ether oxygens (including phenoxy) is 1. The highest BCUT2D eigenvalue weighted by molar-refractivity contribution is 7.57. The smallest absolute Gasteiger partial charge is 0.308 e. The average Bonchev–Trinajstić information content (AvgIpc) is 2.27. The first-order valence-corrected chi connectivity index (χ1v) is 8.06. The molecular weight excluding hydrogens is 207 g/mol. The molecule has 1 rings (SSSR count). The molecule has 1 fully saturated rings. The van der Waals surface area contributed by atoms with Gasteiger partial charge >= 0.3 is 5.97 Å². The summed E-state index contributed by atoms with van der Waals surface area (Å²) in [4.78, 5) is 11.5. The minimum atomic E-state index is 0.0441. The second-order valence-corrected chi connectivity index (χ2v) is 6.90. The Balaban J connectivity index is 2.20. The van der Waals surface area contributed by atoms with Crippen LogP contribution in [0.5, 0.6) is 0 Å². The average molecular weight is 230 g/mol. The first-order valence-electron chi connectivity index (χ1n) is 6.16. The van der Waals surface area contributed by atoms with Crippen LogP contribution in [0, 0.1) is 5.92 Å². The molecule has 0 bridgehead atoms. The Hall–Kier alpha value is -0.100. The monoisotopic (exact) mass is 230 g/mol. The van der Waals surface area contributed by atoms with Crippen molar-refractivity contribution < 1.29 is 9.53 Å². The van der Waals surface area contributed by atoms with E-state index in [4.69, 9.17) is 4.74 Å². The van der Waals surface area contributed by atoms with Gasteiger partial charge in [0.1, 0.15) is 0 Å². The lowest BCUT2D eigenvalue weighted by atomic mass is 10.0. The summed E-state index contributed by atoms with van der Waals surface area (Å²) in [5.74, 6) is 0.257. The number of hydrogen-bond acceptors (Lipinski definition) is 2. The van der Waals surface area contributed by atoms with Crippen LogP contribution in [0.15, 0.2) is 0 Å². The van der Waals surface area contributed by atoms with Crippen molar-refractivity contribution in [3.63, 3.8) is 0 Å². The molecule has 2 nitrogen and oxygen atoms in total. The molecule has 0 saturated carbocycles. The number of rotatable bonds is 5. The molecule has 0 atom stereocenters. The van der Waals surface area contributed by atoms with Gasteiger partial charge in [-0.2, -0.15) is 0 Å². The third kappa shape index (κ3) is 4.51. The van der Waals surface area contributed by atoms with Gasteiger partial charge in [0.15, 0.2) is 0 Å². The molecule has 0 aromatic carbocycles. The molecule has 0 unspecified atom stereocenters.